The molecule has 106 valence electrons. The van der Waals surface area contributed by atoms with Gasteiger partial charge in [0.1, 0.15) is 5.75 Å². The molecule has 1 aliphatic carbocycles. The Labute approximate surface area is 116 Å². The summed E-state index contributed by atoms with van der Waals surface area (Å²) in [7, 11) is 1.69. The van der Waals surface area contributed by atoms with E-state index >= 15 is 0 Å². The third-order valence-corrected chi connectivity index (χ3v) is 4.22. The van der Waals surface area contributed by atoms with Crippen molar-refractivity contribution in [3.05, 3.63) is 29.8 Å². The van der Waals surface area contributed by atoms with Crippen molar-refractivity contribution in [1.29, 1.82) is 0 Å². The zero-order valence-corrected chi connectivity index (χ0v) is 11.9. The molecule has 0 aliphatic heterocycles. The molecule has 0 spiro atoms. The summed E-state index contributed by atoms with van der Waals surface area (Å²) in [6, 6.07) is 8.95. The number of rotatable bonds is 5. The van der Waals surface area contributed by atoms with E-state index in [0.29, 0.717) is 24.6 Å². The van der Waals surface area contributed by atoms with E-state index in [2.05, 4.69) is 24.4 Å². The third kappa shape index (κ3) is 3.71. The highest BCUT2D eigenvalue weighted by Gasteiger charge is 2.25. The van der Waals surface area contributed by atoms with E-state index in [1.54, 1.807) is 7.11 Å². The lowest BCUT2D eigenvalue weighted by Crippen LogP contribution is -2.41. The molecule has 3 atom stereocenters. The SMILES string of the molecule is COc1ccc(C(C)NC2CCCCC2CO)cc1. The summed E-state index contributed by atoms with van der Waals surface area (Å²) in [5, 5.41) is 13.1. The van der Waals surface area contributed by atoms with Crippen LogP contribution in [0.2, 0.25) is 0 Å². The lowest BCUT2D eigenvalue weighted by molar-refractivity contribution is 0.147. The largest absolute Gasteiger partial charge is 0.497 e. The Morgan fingerprint density at radius 2 is 1.95 bits per heavy atom. The average molecular weight is 263 g/mol. The van der Waals surface area contributed by atoms with Crippen LogP contribution >= 0.6 is 0 Å². The first-order valence-corrected chi connectivity index (χ1v) is 7.25. The fourth-order valence-electron chi connectivity index (χ4n) is 2.96. The van der Waals surface area contributed by atoms with Gasteiger partial charge in [0.2, 0.25) is 0 Å². The van der Waals surface area contributed by atoms with E-state index < -0.39 is 0 Å². The first-order chi connectivity index (χ1) is 9.24. The summed E-state index contributed by atoms with van der Waals surface area (Å²) in [5.41, 5.74) is 1.27. The molecule has 0 amide bonds. The Morgan fingerprint density at radius 1 is 1.26 bits per heavy atom. The summed E-state index contributed by atoms with van der Waals surface area (Å²) in [4.78, 5) is 0. The van der Waals surface area contributed by atoms with Gasteiger partial charge in [-0.25, -0.2) is 0 Å². The van der Waals surface area contributed by atoms with E-state index in [1.165, 1.54) is 24.8 Å². The molecule has 1 saturated carbocycles. The van der Waals surface area contributed by atoms with Crippen LogP contribution in [0.3, 0.4) is 0 Å². The number of hydrogen-bond acceptors (Lipinski definition) is 3. The molecule has 3 heteroatoms. The van der Waals surface area contributed by atoms with Crippen molar-refractivity contribution in [2.45, 2.75) is 44.7 Å². The van der Waals surface area contributed by atoms with Gasteiger partial charge in [0.05, 0.1) is 7.11 Å². The standard InChI is InChI=1S/C16H25NO2/c1-12(13-7-9-15(19-2)10-8-13)17-16-6-4-3-5-14(16)11-18/h7-10,12,14,16-18H,3-6,11H2,1-2H3. The molecular formula is C16H25NO2. The Bertz CT molecular complexity index is 377. The van der Waals surface area contributed by atoms with E-state index in [0.717, 1.165) is 12.2 Å². The van der Waals surface area contributed by atoms with E-state index in [1.807, 2.05) is 12.1 Å². The highest BCUT2D eigenvalue weighted by Crippen LogP contribution is 2.26. The molecule has 1 fully saturated rings. The average Bonchev–Trinajstić information content (AvgIpc) is 2.48. The summed E-state index contributed by atoms with van der Waals surface area (Å²) < 4.78 is 5.18. The minimum atomic E-state index is 0.299. The normalized spacial score (nSPS) is 25.0. The summed E-state index contributed by atoms with van der Waals surface area (Å²) in [6.07, 6.45) is 4.83. The predicted octanol–water partition coefficient (Wildman–Crippen LogP) is 2.90. The smallest absolute Gasteiger partial charge is 0.118 e. The number of hydrogen-bond donors (Lipinski definition) is 2. The molecule has 0 radical (unpaired) electrons. The highest BCUT2D eigenvalue weighted by molar-refractivity contribution is 5.28. The minimum absolute atomic E-state index is 0.299. The van der Waals surface area contributed by atoms with E-state index in [4.69, 9.17) is 4.74 Å². The van der Waals surface area contributed by atoms with Crippen molar-refractivity contribution in [1.82, 2.24) is 5.32 Å². The molecule has 0 heterocycles. The molecule has 2 N–H and O–H groups in total. The second-order valence-electron chi connectivity index (χ2n) is 5.50. The van der Waals surface area contributed by atoms with Gasteiger partial charge in [-0.05, 0) is 43.4 Å². The fourth-order valence-corrected chi connectivity index (χ4v) is 2.96. The molecule has 0 saturated heterocycles. The predicted molar refractivity (Wildman–Crippen MR) is 77.4 cm³/mol. The first kappa shape index (κ1) is 14.4. The van der Waals surface area contributed by atoms with Crippen molar-refractivity contribution in [2.24, 2.45) is 5.92 Å². The monoisotopic (exact) mass is 263 g/mol. The molecule has 2 rings (SSSR count). The van der Waals surface area contributed by atoms with Gasteiger partial charge >= 0.3 is 0 Å². The van der Waals surface area contributed by atoms with Gasteiger partial charge < -0.3 is 15.2 Å². The summed E-state index contributed by atoms with van der Waals surface area (Å²) in [5.74, 6) is 1.30. The zero-order valence-electron chi connectivity index (χ0n) is 11.9. The maximum Gasteiger partial charge on any atom is 0.118 e. The second-order valence-corrected chi connectivity index (χ2v) is 5.50. The van der Waals surface area contributed by atoms with Crippen LogP contribution in [-0.2, 0) is 0 Å². The van der Waals surface area contributed by atoms with Crippen molar-refractivity contribution in [3.8, 4) is 5.75 Å². The Hall–Kier alpha value is -1.06. The Balaban J connectivity index is 1.96. The molecule has 1 aromatic rings. The van der Waals surface area contributed by atoms with E-state index in [9.17, 15) is 5.11 Å². The number of methoxy groups -OCH3 is 1. The molecule has 3 unspecified atom stereocenters. The van der Waals surface area contributed by atoms with Gasteiger partial charge in [0.15, 0.2) is 0 Å². The van der Waals surface area contributed by atoms with Gasteiger partial charge in [-0.15, -0.1) is 0 Å². The molecule has 19 heavy (non-hydrogen) atoms. The first-order valence-electron chi connectivity index (χ1n) is 7.25. The van der Waals surface area contributed by atoms with Crippen LogP contribution in [-0.4, -0.2) is 24.9 Å². The van der Waals surface area contributed by atoms with Crippen LogP contribution in [0.5, 0.6) is 5.75 Å². The van der Waals surface area contributed by atoms with Gasteiger partial charge in [0, 0.05) is 18.7 Å². The van der Waals surface area contributed by atoms with Crippen LogP contribution in [0.1, 0.15) is 44.2 Å². The van der Waals surface area contributed by atoms with Gasteiger partial charge in [-0.1, -0.05) is 25.0 Å². The molecule has 1 aromatic carbocycles. The number of aliphatic hydroxyl groups excluding tert-OH is 1. The third-order valence-electron chi connectivity index (χ3n) is 4.22. The van der Waals surface area contributed by atoms with Crippen LogP contribution in [0.4, 0.5) is 0 Å². The van der Waals surface area contributed by atoms with Crippen molar-refractivity contribution in [3.63, 3.8) is 0 Å². The van der Waals surface area contributed by atoms with Crippen LogP contribution < -0.4 is 10.1 Å². The highest BCUT2D eigenvalue weighted by atomic mass is 16.5. The van der Waals surface area contributed by atoms with Crippen LogP contribution in [0.25, 0.3) is 0 Å². The zero-order chi connectivity index (χ0) is 13.7. The molecule has 1 aliphatic rings. The Morgan fingerprint density at radius 3 is 2.58 bits per heavy atom. The molecule has 0 bridgehead atoms. The number of nitrogens with one attached hydrogen (secondary N) is 1. The lowest BCUT2D eigenvalue weighted by Gasteiger charge is -2.33. The maximum absolute atomic E-state index is 9.46. The lowest BCUT2D eigenvalue weighted by atomic mass is 9.84. The van der Waals surface area contributed by atoms with E-state index in [-0.39, 0.29) is 0 Å². The quantitative estimate of drug-likeness (QED) is 0.858. The fraction of sp³-hybridized carbons (Fsp3) is 0.625. The summed E-state index contributed by atoms with van der Waals surface area (Å²) in [6.45, 7) is 2.48. The summed E-state index contributed by atoms with van der Waals surface area (Å²) >= 11 is 0. The molecule has 3 nitrogen and oxygen atoms in total. The maximum atomic E-state index is 9.46. The topological polar surface area (TPSA) is 41.5 Å². The second kappa shape index (κ2) is 6.92. The molecule has 0 aromatic heterocycles. The van der Waals surface area contributed by atoms with Crippen molar-refractivity contribution in [2.75, 3.05) is 13.7 Å². The van der Waals surface area contributed by atoms with Gasteiger partial charge in [0.25, 0.3) is 0 Å². The number of aliphatic hydroxyl groups is 1. The number of ether oxygens (including phenoxy) is 1. The Kier molecular flexibility index (Phi) is 5.23. The minimum Gasteiger partial charge on any atom is -0.497 e. The van der Waals surface area contributed by atoms with Crippen molar-refractivity contribution < 1.29 is 9.84 Å². The van der Waals surface area contributed by atoms with Gasteiger partial charge in [-0.2, -0.15) is 0 Å². The molecular weight excluding hydrogens is 238 g/mol. The van der Waals surface area contributed by atoms with Crippen LogP contribution in [0, 0.1) is 5.92 Å². The van der Waals surface area contributed by atoms with Crippen molar-refractivity contribution >= 4 is 0 Å². The van der Waals surface area contributed by atoms with Gasteiger partial charge in [-0.3, -0.25) is 0 Å². The van der Waals surface area contributed by atoms with Crippen LogP contribution in [0.15, 0.2) is 24.3 Å². The number of benzene rings is 1.